The van der Waals surface area contributed by atoms with Gasteiger partial charge in [0.1, 0.15) is 12.4 Å². The van der Waals surface area contributed by atoms with Crippen LogP contribution in [-0.4, -0.2) is 56.2 Å². The van der Waals surface area contributed by atoms with Crippen molar-refractivity contribution >= 4 is 5.69 Å². The van der Waals surface area contributed by atoms with Gasteiger partial charge in [0.25, 0.3) is 0 Å². The maximum Gasteiger partial charge on any atom is 0.142 e. The van der Waals surface area contributed by atoms with Crippen molar-refractivity contribution in [2.75, 3.05) is 51.7 Å². The van der Waals surface area contributed by atoms with E-state index < -0.39 is 0 Å². The Balaban J connectivity index is 1.66. The van der Waals surface area contributed by atoms with Gasteiger partial charge in [0.2, 0.25) is 0 Å². The van der Waals surface area contributed by atoms with Crippen molar-refractivity contribution in [3.05, 3.63) is 23.8 Å². The lowest BCUT2D eigenvalue weighted by Crippen LogP contribution is -2.43. The lowest BCUT2D eigenvalue weighted by molar-refractivity contribution is 0.148. The first-order chi connectivity index (χ1) is 8.81. The van der Waals surface area contributed by atoms with E-state index >= 15 is 0 Å². The summed E-state index contributed by atoms with van der Waals surface area (Å²) in [6.07, 6.45) is 0. The zero-order chi connectivity index (χ0) is 12.4. The Morgan fingerprint density at radius 2 is 2.06 bits per heavy atom. The molecular formula is C14H21N3O. The third-order valence-electron chi connectivity index (χ3n) is 3.72. The molecule has 2 aliphatic rings. The summed E-state index contributed by atoms with van der Waals surface area (Å²) in [5, 5.41) is 3.40. The van der Waals surface area contributed by atoms with Gasteiger partial charge in [-0.25, -0.2) is 0 Å². The van der Waals surface area contributed by atoms with Crippen LogP contribution >= 0.6 is 0 Å². The summed E-state index contributed by atoms with van der Waals surface area (Å²) in [6, 6.07) is 6.50. The number of hydrogen-bond donors (Lipinski definition) is 1. The minimum Gasteiger partial charge on any atom is -0.490 e. The van der Waals surface area contributed by atoms with E-state index in [4.69, 9.17) is 4.74 Å². The number of nitrogens with zero attached hydrogens (tertiary/aromatic N) is 2. The summed E-state index contributed by atoms with van der Waals surface area (Å²) in [4.78, 5) is 4.91. The predicted octanol–water partition coefficient (Wildman–Crippen LogP) is 1.24. The molecule has 0 atom stereocenters. The number of nitrogens with one attached hydrogen (secondary N) is 1. The molecule has 18 heavy (non-hydrogen) atoms. The highest BCUT2D eigenvalue weighted by atomic mass is 16.5. The lowest BCUT2D eigenvalue weighted by atomic mass is 10.1. The summed E-state index contributed by atoms with van der Waals surface area (Å²) in [6.45, 7) is 7.40. The van der Waals surface area contributed by atoms with Crippen molar-refractivity contribution in [1.82, 2.24) is 9.80 Å². The van der Waals surface area contributed by atoms with Gasteiger partial charge in [0.05, 0.1) is 5.69 Å². The second-order valence-corrected chi connectivity index (χ2v) is 5.19. The molecule has 4 nitrogen and oxygen atoms in total. The molecule has 1 aromatic rings. The van der Waals surface area contributed by atoms with Crippen LogP contribution in [0.25, 0.3) is 0 Å². The standard InChI is InChI=1S/C14H21N3O/c1-16-5-7-17(8-6-16)11-12-2-3-14-13(10-12)15-4-9-18-14/h2-3,10,15H,4-9,11H2,1H3. The zero-order valence-corrected chi connectivity index (χ0v) is 11.0. The quantitative estimate of drug-likeness (QED) is 0.851. The molecule has 1 saturated heterocycles. The van der Waals surface area contributed by atoms with Crippen LogP contribution in [0.15, 0.2) is 18.2 Å². The maximum atomic E-state index is 5.60. The van der Waals surface area contributed by atoms with E-state index in [2.05, 4.69) is 40.4 Å². The van der Waals surface area contributed by atoms with Crippen LogP contribution < -0.4 is 10.1 Å². The van der Waals surface area contributed by atoms with Gasteiger partial charge >= 0.3 is 0 Å². The molecular weight excluding hydrogens is 226 g/mol. The molecule has 0 spiro atoms. The molecule has 1 aromatic carbocycles. The van der Waals surface area contributed by atoms with Crippen LogP contribution in [-0.2, 0) is 6.54 Å². The van der Waals surface area contributed by atoms with Crippen molar-refractivity contribution in [3.8, 4) is 5.75 Å². The largest absolute Gasteiger partial charge is 0.490 e. The van der Waals surface area contributed by atoms with Crippen LogP contribution in [0.4, 0.5) is 5.69 Å². The zero-order valence-electron chi connectivity index (χ0n) is 11.0. The molecule has 0 aromatic heterocycles. The average molecular weight is 247 g/mol. The highest BCUT2D eigenvalue weighted by Crippen LogP contribution is 2.28. The third-order valence-corrected chi connectivity index (χ3v) is 3.72. The fourth-order valence-corrected chi connectivity index (χ4v) is 2.55. The fraction of sp³-hybridized carbons (Fsp3) is 0.571. The number of ether oxygens (including phenoxy) is 1. The fourth-order valence-electron chi connectivity index (χ4n) is 2.55. The number of fused-ring (bicyclic) bond motifs is 1. The summed E-state index contributed by atoms with van der Waals surface area (Å²) in [5.74, 6) is 0.989. The minimum atomic E-state index is 0.769. The van der Waals surface area contributed by atoms with E-state index in [-0.39, 0.29) is 0 Å². The topological polar surface area (TPSA) is 27.7 Å². The molecule has 2 heterocycles. The Bertz CT molecular complexity index is 414. The number of hydrogen-bond acceptors (Lipinski definition) is 4. The number of piperazine rings is 1. The predicted molar refractivity (Wildman–Crippen MR) is 73.2 cm³/mol. The second-order valence-electron chi connectivity index (χ2n) is 5.19. The van der Waals surface area contributed by atoms with Crippen LogP contribution in [0.2, 0.25) is 0 Å². The van der Waals surface area contributed by atoms with Gasteiger partial charge in [-0.1, -0.05) is 6.07 Å². The Morgan fingerprint density at radius 1 is 1.22 bits per heavy atom. The first kappa shape index (κ1) is 11.8. The second kappa shape index (κ2) is 5.16. The number of benzene rings is 1. The van der Waals surface area contributed by atoms with E-state index in [9.17, 15) is 0 Å². The third kappa shape index (κ3) is 2.60. The van der Waals surface area contributed by atoms with Gasteiger partial charge in [-0.3, -0.25) is 4.90 Å². The highest BCUT2D eigenvalue weighted by molar-refractivity contribution is 5.59. The average Bonchev–Trinajstić information content (AvgIpc) is 2.41. The molecule has 0 aliphatic carbocycles. The van der Waals surface area contributed by atoms with Crippen molar-refractivity contribution in [2.45, 2.75) is 6.54 Å². The molecule has 0 amide bonds. The molecule has 0 bridgehead atoms. The summed E-state index contributed by atoms with van der Waals surface area (Å²) in [5.41, 5.74) is 2.52. The first-order valence-electron chi connectivity index (χ1n) is 6.72. The minimum absolute atomic E-state index is 0.769. The number of anilines is 1. The van der Waals surface area contributed by atoms with Gasteiger partial charge in [0, 0.05) is 39.3 Å². The van der Waals surface area contributed by atoms with Gasteiger partial charge in [-0.15, -0.1) is 0 Å². The lowest BCUT2D eigenvalue weighted by Gasteiger charge is -2.32. The van der Waals surface area contributed by atoms with E-state index in [1.54, 1.807) is 0 Å². The maximum absolute atomic E-state index is 5.60. The molecule has 2 aliphatic heterocycles. The van der Waals surface area contributed by atoms with Crippen LogP contribution in [0.3, 0.4) is 0 Å². The first-order valence-corrected chi connectivity index (χ1v) is 6.72. The smallest absolute Gasteiger partial charge is 0.142 e. The van der Waals surface area contributed by atoms with Gasteiger partial charge in [0.15, 0.2) is 0 Å². The number of likely N-dealkylation sites (N-methyl/N-ethyl adjacent to an activating group) is 1. The Labute approximate surface area is 109 Å². The van der Waals surface area contributed by atoms with E-state index in [0.29, 0.717) is 0 Å². The van der Waals surface area contributed by atoms with E-state index in [0.717, 1.165) is 44.2 Å². The normalized spacial score (nSPS) is 20.9. The molecule has 3 rings (SSSR count). The van der Waals surface area contributed by atoms with Crippen molar-refractivity contribution in [2.24, 2.45) is 0 Å². The van der Waals surface area contributed by atoms with Crippen LogP contribution in [0.5, 0.6) is 5.75 Å². The number of rotatable bonds is 2. The van der Waals surface area contributed by atoms with Crippen molar-refractivity contribution < 1.29 is 4.74 Å². The summed E-state index contributed by atoms with van der Waals surface area (Å²) < 4.78 is 5.60. The molecule has 1 N–H and O–H groups in total. The Morgan fingerprint density at radius 3 is 2.89 bits per heavy atom. The highest BCUT2D eigenvalue weighted by Gasteiger charge is 2.15. The molecule has 4 heteroatoms. The van der Waals surface area contributed by atoms with Crippen LogP contribution in [0.1, 0.15) is 5.56 Å². The van der Waals surface area contributed by atoms with E-state index in [1.807, 2.05) is 0 Å². The molecule has 1 fully saturated rings. The van der Waals surface area contributed by atoms with Crippen molar-refractivity contribution in [3.63, 3.8) is 0 Å². The van der Waals surface area contributed by atoms with Gasteiger partial charge in [-0.2, -0.15) is 0 Å². The molecule has 0 radical (unpaired) electrons. The van der Waals surface area contributed by atoms with Gasteiger partial charge in [-0.05, 0) is 24.7 Å². The summed E-state index contributed by atoms with van der Waals surface area (Å²) in [7, 11) is 2.19. The molecule has 0 saturated carbocycles. The van der Waals surface area contributed by atoms with Crippen LogP contribution in [0, 0.1) is 0 Å². The summed E-state index contributed by atoms with van der Waals surface area (Å²) >= 11 is 0. The van der Waals surface area contributed by atoms with Crippen molar-refractivity contribution in [1.29, 1.82) is 0 Å². The Hall–Kier alpha value is -1.26. The SMILES string of the molecule is CN1CCN(Cc2ccc3c(c2)NCCO3)CC1. The molecule has 0 unspecified atom stereocenters. The van der Waals surface area contributed by atoms with E-state index in [1.165, 1.54) is 18.7 Å². The molecule has 98 valence electrons. The van der Waals surface area contributed by atoms with Gasteiger partial charge < -0.3 is 15.0 Å². The monoisotopic (exact) mass is 247 g/mol. The Kier molecular flexibility index (Phi) is 3.39.